The number of hydrogen-bond acceptors (Lipinski definition) is 3. The first-order chi connectivity index (χ1) is 9.24. The highest BCUT2D eigenvalue weighted by atomic mass is 15.3. The Morgan fingerprint density at radius 1 is 1.37 bits per heavy atom. The minimum absolute atomic E-state index is 0.757. The lowest BCUT2D eigenvalue weighted by Crippen LogP contribution is -2.24. The van der Waals surface area contributed by atoms with E-state index in [2.05, 4.69) is 35.3 Å². The smallest absolute Gasteiger partial charge is 0.243 e. The van der Waals surface area contributed by atoms with Gasteiger partial charge in [0.25, 0.3) is 0 Å². The molecule has 0 spiro atoms. The first-order valence-corrected chi connectivity index (χ1v) is 7.30. The average molecular weight is 258 g/mol. The van der Waals surface area contributed by atoms with Crippen LogP contribution in [-0.2, 0) is 0 Å². The van der Waals surface area contributed by atoms with Gasteiger partial charge in [-0.3, -0.25) is 0 Å². The van der Waals surface area contributed by atoms with Crippen molar-refractivity contribution in [3.8, 4) is 0 Å². The van der Waals surface area contributed by atoms with Gasteiger partial charge in [0.1, 0.15) is 0 Å². The van der Waals surface area contributed by atoms with E-state index in [9.17, 15) is 0 Å². The van der Waals surface area contributed by atoms with E-state index in [-0.39, 0.29) is 0 Å². The second kappa shape index (κ2) is 5.19. The van der Waals surface area contributed by atoms with Gasteiger partial charge in [-0.15, -0.1) is 5.10 Å². The monoisotopic (exact) mass is 258 g/mol. The van der Waals surface area contributed by atoms with E-state index >= 15 is 0 Å². The first-order valence-electron chi connectivity index (χ1n) is 7.30. The summed E-state index contributed by atoms with van der Waals surface area (Å²) in [6.07, 6.45) is 7.41. The Bertz CT molecular complexity index is 560. The summed E-state index contributed by atoms with van der Waals surface area (Å²) in [6, 6.07) is 4.07. The number of nitrogens with zero attached hydrogens (tertiary/aromatic N) is 3. The van der Waals surface area contributed by atoms with Crippen molar-refractivity contribution in [1.29, 1.82) is 0 Å². The molecule has 0 amide bonds. The third-order valence-electron chi connectivity index (χ3n) is 4.37. The molecule has 4 heteroatoms. The number of hydrogen-bond donors (Lipinski definition) is 1. The van der Waals surface area contributed by atoms with Crippen LogP contribution in [0.4, 0.5) is 5.95 Å². The van der Waals surface area contributed by atoms with Gasteiger partial charge in [-0.25, -0.2) is 4.52 Å². The number of aromatic nitrogens is 3. The molecule has 1 saturated carbocycles. The van der Waals surface area contributed by atoms with Gasteiger partial charge in [-0.1, -0.05) is 32.3 Å². The maximum absolute atomic E-state index is 4.56. The van der Waals surface area contributed by atoms with E-state index in [1.54, 1.807) is 0 Å². The molecule has 0 radical (unpaired) electrons. The van der Waals surface area contributed by atoms with Crippen molar-refractivity contribution in [2.75, 3.05) is 11.9 Å². The van der Waals surface area contributed by atoms with Gasteiger partial charge < -0.3 is 5.32 Å². The fraction of sp³-hybridized carbons (Fsp3) is 0.600. The van der Waals surface area contributed by atoms with E-state index in [4.69, 9.17) is 0 Å². The second-order valence-electron chi connectivity index (χ2n) is 5.80. The molecule has 19 heavy (non-hydrogen) atoms. The minimum atomic E-state index is 0.757. The van der Waals surface area contributed by atoms with Crippen molar-refractivity contribution in [2.45, 2.75) is 39.5 Å². The van der Waals surface area contributed by atoms with Crippen LogP contribution >= 0.6 is 0 Å². The van der Waals surface area contributed by atoms with Gasteiger partial charge in [-0.05, 0) is 36.8 Å². The fourth-order valence-electron chi connectivity index (χ4n) is 3.03. The van der Waals surface area contributed by atoms with Crippen molar-refractivity contribution >= 4 is 11.6 Å². The zero-order valence-corrected chi connectivity index (χ0v) is 11.8. The summed E-state index contributed by atoms with van der Waals surface area (Å²) in [5.74, 6) is 2.34. The van der Waals surface area contributed by atoms with Gasteiger partial charge in [0.15, 0.2) is 5.65 Å². The van der Waals surface area contributed by atoms with Crippen LogP contribution in [0.1, 0.15) is 38.2 Å². The maximum Gasteiger partial charge on any atom is 0.243 e. The van der Waals surface area contributed by atoms with Gasteiger partial charge in [0.05, 0.1) is 0 Å². The molecule has 0 aromatic carbocycles. The molecule has 2 aromatic rings. The molecular weight excluding hydrogens is 236 g/mol. The largest absolute Gasteiger partial charge is 0.353 e. The molecule has 1 fully saturated rings. The average Bonchev–Trinajstić information content (AvgIpc) is 2.82. The number of fused-ring (bicyclic) bond motifs is 1. The molecular formula is C15H22N4. The topological polar surface area (TPSA) is 42.2 Å². The zero-order chi connectivity index (χ0) is 13.2. The highest BCUT2D eigenvalue weighted by Crippen LogP contribution is 2.29. The van der Waals surface area contributed by atoms with Crippen LogP contribution in [0, 0.1) is 18.8 Å². The molecule has 2 heterocycles. The van der Waals surface area contributed by atoms with Crippen molar-refractivity contribution in [3.63, 3.8) is 0 Å². The van der Waals surface area contributed by atoms with Crippen molar-refractivity contribution < 1.29 is 0 Å². The quantitative estimate of drug-likeness (QED) is 0.918. The predicted molar refractivity (Wildman–Crippen MR) is 77.3 cm³/mol. The van der Waals surface area contributed by atoms with Crippen molar-refractivity contribution in [2.24, 2.45) is 11.8 Å². The third kappa shape index (κ3) is 2.57. The minimum Gasteiger partial charge on any atom is -0.353 e. The molecule has 1 aliphatic rings. The van der Waals surface area contributed by atoms with Crippen LogP contribution in [0.25, 0.3) is 5.65 Å². The Morgan fingerprint density at radius 3 is 3.00 bits per heavy atom. The van der Waals surface area contributed by atoms with Crippen molar-refractivity contribution in [3.05, 3.63) is 23.9 Å². The normalized spacial score (nSPS) is 23.7. The van der Waals surface area contributed by atoms with Crippen molar-refractivity contribution in [1.82, 2.24) is 14.6 Å². The number of anilines is 1. The number of nitrogens with one attached hydrogen (secondary N) is 1. The fourth-order valence-corrected chi connectivity index (χ4v) is 3.03. The Hall–Kier alpha value is -1.58. The lowest BCUT2D eigenvalue weighted by atomic mass is 9.80. The van der Waals surface area contributed by atoms with Crippen LogP contribution in [0.15, 0.2) is 18.3 Å². The maximum atomic E-state index is 4.56. The molecule has 3 rings (SSSR count). The van der Waals surface area contributed by atoms with Gasteiger partial charge in [-0.2, -0.15) is 4.98 Å². The molecule has 2 unspecified atom stereocenters. The van der Waals surface area contributed by atoms with E-state index in [0.717, 1.165) is 35.5 Å². The molecule has 0 bridgehead atoms. The number of rotatable bonds is 3. The Morgan fingerprint density at radius 2 is 2.21 bits per heavy atom. The lowest BCUT2D eigenvalue weighted by Gasteiger charge is -2.28. The van der Waals surface area contributed by atoms with E-state index in [1.165, 1.54) is 25.7 Å². The molecule has 1 aliphatic carbocycles. The summed E-state index contributed by atoms with van der Waals surface area (Å²) in [6.45, 7) is 5.43. The third-order valence-corrected chi connectivity index (χ3v) is 4.37. The SMILES string of the molecule is Cc1cccn2nc(NCC3CCCCC3C)nc12. The van der Waals surface area contributed by atoms with Gasteiger partial charge in [0, 0.05) is 12.7 Å². The van der Waals surface area contributed by atoms with E-state index < -0.39 is 0 Å². The molecule has 2 atom stereocenters. The highest BCUT2D eigenvalue weighted by Gasteiger charge is 2.21. The molecule has 2 aromatic heterocycles. The standard InChI is InChI=1S/C15H22N4/c1-11-6-3-4-8-13(11)10-16-15-17-14-12(2)7-5-9-19(14)18-15/h5,7,9,11,13H,3-4,6,8,10H2,1-2H3,(H,16,18). The molecule has 0 aliphatic heterocycles. The molecule has 102 valence electrons. The number of pyridine rings is 1. The van der Waals surface area contributed by atoms with Crippen LogP contribution in [0.5, 0.6) is 0 Å². The van der Waals surface area contributed by atoms with Gasteiger partial charge >= 0.3 is 0 Å². The Balaban J connectivity index is 1.69. The first kappa shape index (κ1) is 12.5. The van der Waals surface area contributed by atoms with Crippen LogP contribution in [0.3, 0.4) is 0 Å². The zero-order valence-electron chi connectivity index (χ0n) is 11.8. The summed E-state index contributed by atoms with van der Waals surface area (Å²) >= 11 is 0. The van der Waals surface area contributed by atoms with Crippen LogP contribution in [-0.4, -0.2) is 21.1 Å². The van der Waals surface area contributed by atoms with Gasteiger partial charge in [0.2, 0.25) is 5.95 Å². The predicted octanol–water partition coefficient (Wildman–Crippen LogP) is 3.28. The Kier molecular flexibility index (Phi) is 3.40. The lowest BCUT2D eigenvalue weighted by molar-refractivity contribution is 0.268. The second-order valence-corrected chi connectivity index (χ2v) is 5.80. The summed E-state index contributed by atoms with van der Waals surface area (Å²) in [5, 5.41) is 7.90. The van der Waals surface area contributed by atoms with E-state index in [0.29, 0.717) is 0 Å². The van der Waals surface area contributed by atoms with Crippen LogP contribution in [0.2, 0.25) is 0 Å². The van der Waals surface area contributed by atoms with Crippen LogP contribution < -0.4 is 5.32 Å². The summed E-state index contributed by atoms with van der Waals surface area (Å²) < 4.78 is 1.85. The molecule has 0 saturated heterocycles. The summed E-state index contributed by atoms with van der Waals surface area (Å²) in [5.41, 5.74) is 2.11. The summed E-state index contributed by atoms with van der Waals surface area (Å²) in [4.78, 5) is 4.56. The van der Waals surface area contributed by atoms with E-state index in [1.807, 2.05) is 16.8 Å². The number of aryl methyl sites for hydroxylation is 1. The highest BCUT2D eigenvalue weighted by molar-refractivity contribution is 5.49. The summed E-state index contributed by atoms with van der Waals surface area (Å²) in [7, 11) is 0. The Labute approximate surface area is 114 Å². The molecule has 1 N–H and O–H groups in total. The molecule has 4 nitrogen and oxygen atoms in total.